The van der Waals surface area contributed by atoms with Gasteiger partial charge in [0.15, 0.2) is 17.0 Å². The van der Waals surface area contributed by atoms with Crippen molar-refractivity contribution in [2.75, 3.05) is 18.0 Å². The Kier molecular flexibility index (Phi) is 5.33. The highest BCUT2D eigenvalue weighted by Crippen LogP contribution is 2.33. The number of nitrogens with zero attached hydrogens (tertiary/aromatic N) is 6. The molecule has 3 N–H and O–H groups in total. The van der Waals surface area contributed by atoms with Crippen LogP contribution in [0.25, 0.3) is 11.2 Å². The van der Waals surface area contributed by atoms with Crippen LogP contribution in [0, 0.1) is 5.92 Å². The number of imidazole rings is 1. The SMILES string of the molecule is CC(C)(C)c1nc(N2CC[C@@H](CC(N)=O)C2)c2ncn(Cc3cn[nH]c3C(F)(F)F)c2n1. The highest BCUT2D eigenvalue weighted by molar-refractivity contribution is 5.84. The Morgan fingerprint density at radius 2 is 2.03 bits per heavy atom. The van der Waals surface area contributed by atoms with Gasteiger partial charge in [-0.2, -0.15) is 18.3 Å². The van der Waals surface area contributed by atoms with Crippen molar-refractivity contribution >= 4 is 22.9 Å². The molecule has 0 aromatic carbocycles. The van der Waals surface area contributed by atoms with Crippen LogP contribution in [0.4, 0.5) is 19.0 Å². The van der Waals surface area contributed by atoms with Gasteiger partial charge >= 0.3 is 6.18 Å². The summed E-state index contributed by atoms with van der Waals surface area (Å²) in [5.74, 6) is 0.958. The van der Waals surface area contributed by atoms with E-state index >= 15 is 0 Å². The monoisotopic (exact) mass is 450 g/mol. The minimum Gasteiger partial charge on any atom is -0.370 e. The third kappa shape index (κ3) is 4.26. The number of nitrogens with two attached hydrogens (primary N) is 1. The molecule has 1 amide bonds. The molecule has 1 saturated heterocycles. The predicted octanol–water partition coefficient (Wildman–Crippen LogP) is 2.62. The van der Waals surface area contributed by atoms with Gasteiger partial charge in [0.1, 0.15) is 11.5 Å². The molecule has 0 unspecified atom stereocenters. The number of carbonyl (C=O) groups excluding carboxylic acids is 1. The van der Waals surface area contributed by atoms with Gasteiger partial charge in [0.2, 0.25) is 5.91 Å². The lowest BCUT2D eigenvalue weighted by atomic mass is 9.96. The number of carbonyl (C=O) groups is 1. The van der Waals surface area contributed by atoms with Crippen molar-refractivity contribution in [1.29, 1.82) is 0 Å². The number of aromatic amines is 1. The van der Waals surface area contributed by atoms with Crippen LogP contribution >= 0.6 is 0 Å². The third-order valence-electron chi connectivity index (χ3n) is 5.53. The molecule has 3 aromatic heterocycles. The Morgan fingerprint density at radius 3 is 2.69 bits per heavy atom. The first-order valence-electron chi connectivity index (χ1n) is 10.3. The van der Waals surface area contributed by atoms with Crippen molar-refractivity contribution in [3.63, 3.8) is 0 Å². The van der Waals surface area contributed by atoms with Crippen LogP contribution in [0.15, 0.2) is 12.5 Å². The van der Waals surface area contributed by atoms with E-state index < -0.39 is 17.3 Å². The third-order valence-corrected chi connectivity index (χ3v) is 5.53. The first-order valence-corrected chi connectivity index (χ1v) is 10.3. The van der Waals surface area contributed by atoms with Crippen molar-refractivity contribution in [2.45, 2.75) is 51.7 Å². The van der Waals surface area contributed by atoms with Crippen molar-refractivity contribution in [3.8, 4) is 0 Å². The Bertz CT molecular complexity index is 1140. The molecule has 1 aliphatic heterocycles. The number of nitrogens with one attached hydrogen (secondary N) is 1. The molecule has 3 aromatic rings. The van der Waals surface area contributed by atoms with Gasteiger partial charge < -0.3 is 15.2 Å². The summed E-state index contributed by atoms with van der Waals surface area (Å²) in [6.45, 7) is 7.10. The number of H-pyrrole nitrogens is 1. The number of primary amides is 1. The first kappa shape index (κ1) is 22.0. The van der Waals surface area contributed by atoms with Gasteiger partial charge in [0, 0.05) is 30.5 Å². The average molecular weight is 450 g/mol. The first-order chi connectivity index (χ1) is 14.9. The van der Waals surface area contributed by atoms with Gasteiger partial charge in [-0.05, 0) is 12.3 Å². The van der Waals surface area contributed by atoms with Crippen LogP contribution in [0.1, 0.15) is 50.7 Å². The van der Waals surface area contributed by atoms with Crippen LogP contribution in [0.2, 0.25) is 0 Å². The molecule has 0 spiro atoms. The molecule has 1 fully saturated rings. The minimum atomic E-state index is -4.54. The van der Waals surface area contributed by atoms with Crippen molar-refractivity contribution in [2.24, 2.45) is 11.7 Å². The standard InChI is InChI=1S/C20H25F3N8O/c1-19(2,3)18-27-16(30-5-4-11(8-30)6-13(24)32)14-17(28-18)31(10-25-14)9-12-7-26-29-15(12)20(21,22)23/h7,10-11H,4-6,8-9H2,1-3H3,(H2,24,32)(H,26,29)/t11-/m0/s1. The molecule has 12 heteroatoms. The molecule has 172 valence electrons. The van der Waals surface area contributed by atoms with Gasteiger partial charge in [-0.25, -0.2) is 15.0 Å². The smallest absolute Gasteiger partial charge is 0.370 e. The Balaban J connectivity index is 1.76. The van der Waals surface area contributed by atoms with Gasteiger partial charge in [-0.3, -0.25) is 9.89 Å². The van der Waals surface area contributed by atoms with Crippen molar-refractivity contribution < 1.29 is 18.0 Å². The molecular formula is C20H25F3N8O. The zero-order valence-electron chi connectivity index (χ0n) is 18.1. The maximum atomic E-state index is 13.3. The fraction of sp³-hybridized carbons (Fsp3) is 0.550. The number of fused-ring (bicyclic) bond motifs is 1. The summed E-state index contributed by atoms with van der Waals surface area (Å²) in [5, 5.41) is 5.59. The summed E-state index contributed by atoms with van der Waals surface area (Å²) in [4.78, 5) is 27.2. The highest BCUT2D eigenvalue weighted by atomic mass is 19.4. The van der Waals surface area contributed by atoms with Crippen LogP contribution in [-0.4, -0.2) is 48.7 Å². The van der Waals surface area contributed by atoms with E-state index in [4.69, 9.17) is 10.7 Å². The van der Waals surface area contributed by atoms with Crippen LogP contribution in [0.3, 0.4) is 0 Å². The molecule has 0 aliphatic carbocycles. The zero-order chi connectivity index (χ0) is 23.3. The van der Waals surface area contributed by atoms with Crippen molar-refractivity contribution in [3.05, 3.63) is 29.6 Å². The molecule has 32 heavy (non-hydrogen) atoms. The van der Waals surface area contributed by atoms with E-state index in [9.17, 15) is 18.0 Å². The normalized spacial score (nSPS) is 17.4. The number of amides is 1. The number of halogens is 3. The van der Waals surface area contributed by atoms with Crippen LogP contribution < -0.4 is 10.6 Å². The summed E-state index contributed by atoms with van der Waals surface area (Å²) < 4.78 is 41.4. The topological polar surface area (TPSA) is 119 Å². The summed E-state index contributed by atoms with van der Waals surface area (Å²) in [5.41, 5.74) is 5.03. The summed E-state index contributed by atoms with van der Waals surface area (Å²) in [6, 6.07) is 0. The van der Waals surface area contributed by atoms with Gasteiger partial charge in [0.05, 0.1) is 19.1 Å². The van der Waals surface area contributed by atoms with E-state index in [0.29, 0.717) is 42.3 Å². The summed E-state index contributed by atoms with van der Waals surface area (Å²) >= 11 is 0. The number of hydrogen-bond donors (Lipinski definition) is 2. The second kappa shape index (κ2) is 7.75. The van der Waals surface area contributed by atoms with Gasteiger partial charge in [-0.1, -0.05) is 20.8 Å². The highest BCUT2D eigenvalue weighted by Gasteiger charge is 2.36. The average Bonchev–Trinajstić information content (AvgIpc) is 3.40. The number of aromatic nitrogens is 6. The molecule has 0 saturated carbocycles. The lowest BCUT2D eigenvalue weighted by molar-refractivity contribution is -0.141. The second-order valence-corrected chi connectivity index (χ2v) is 9.20. The van der Waals surface area contributed by atoms with Crippen LogP contribution in [0.5, 0.6) is 0 Å². The Hall–Kier alpha value is -3.18. The number of alkyl halides is 3. The van der Waals surface area contributed by atoms with E-state index in [1.807, 2.05) is 30.8 Å². The number of anilines is 1. The minimum absolute atomic E-state index is 0.00281. The molecule has 1 aliphatic rings. The molecule has 1 atom stereocenters. The van der Waals surface area contributed by atoms with E-state index in [1.54, 1.807) is 4.57 Å². The number of hydrogen-bond acceptors (Lipinski definition) is 6. The molecule has 0 bridgehead atoms. The largest absolute Gasteiger partial charge is 0.433 e. The Labute approximate surface area is 182 Å². The van der Waals surface area contributed by atoms with E-state index in [-0.39, 0.29) is 23.9 Å². The summed E-state index contributed by atoms with van der Waals surface area (Å²) in [6.07, 6.45) is -0.810. The van der Waals surface area contributed by atoms with E-state index in [1.165, 1.54) is 6.33 Å². The predicted molar refractivity (Wildman–Crippen MR) is 111 cm³/mol. The second-order valence-electron chi connectivity index (χ2n) is 9.20. The molecular weight excluding hydrogens is 425 g/mol. The fourth-order valence-electron chi connectivity index (χ4n) is 3.94. The lowest BCUT2D eigenvalue weighted by Gasteiger charge is -2.22. The van der Waals surface area contributed by atoms with Gasteiger partial charge in [0.25, 0.3) is 0 Å². The zero-order valence-corrected chi connectivity index (χ0v) is 18.1. The van der Waals surface area contributed by atoms with E-state index in [2.05, 4.69) is 15.1 Å². The molecule has 4 rings (SSSR count). The van der Waals surface area contributed by atoms with Crippen molar-refractivity contribution in [1.82, 2.24) is 29.7 Å². The quantitative estimate of drug-likeness (QED) is 0.617. The molecule has 0 radical (unpaired) electrons. The maximum Gasteiger partial charge on any atom is 0.433 e. The summed E-state index contributed by atoms with van der Waals surface area (Å²) in [7, 11) is 0. The lowest BCUT2D eigenvalue weighted by Crippen LogP contribution is -2.25. The van der Waals surface area contributed by atoms with Gasteiger partial charge in [-0.15, -0.1) is 0 Å². The maximum absolute atomic E-state index is 13.3. The number of rotatable bonds is 5. The molecule has 4 heterocycles. The van der Waals surface area contributed by atoms with Crippen LogP contribution in [-0.2, 0) is 22.9 Å². The fourth-order valence-corrected chi connectivity index (χ4v) is 3.94. The molecule has 9 nitrogen and oxygen atoms in total. The van der Waals surface area contributed by atoms with E-state index in [0.717, 1.165) is 12.6 Å². The Morgan fingerprint density at radius 1 is 1.28 bits per heavy atom.